The Morgan fingerprint density at radius 3 is 2.60 bits per heavy atom. The number of hydrogen-bond donors (Lipinski definition) is 0. The second-order valence-electron chi connectivity index (χ2n) is 3.00. The van der Waals surface area contributed by atoms with E-state index in [0.29, 0.717) is 6.92 Å². The van der Waals surface area contributed by atoms with Crippen LogP contribution < -0.4 is 0 Å². The zero-order valence-electron chi connectivity index (χ0n) is 8.03. The Bertz CT molecular complexity index is 434. The number of rotatable bonds is 4. The maximum Gasteiger partial charge on any atom is 0.319 e. The monoisotopic (exact) mass is 241 g/mol. The van der Waals surface area contributed by atoms with Crippen LogP contribution in [0, 0.1) is 0 Å². The van der Waals surface area contributed by atoms with Crippen LogP contribution >= 0.6 is 0 Å². The van der Waals surface area contributed by atoms with E-state index >= 15 is 0 Å². The summed E-state index contributed by atoms with van der Waals surface area (Å²) in [5.41, 5.74) is -0.00282. The smallest absolute Gasteiger partial charge is 0.319 e. The first-order chi connectivity index (χ1) is 6.68. The van der Waals surface area contributed by atoms with Crippen LogP contribution in [0.25, 0.3) is 0 Å². The van der Waals surface area contributed by atoms with Gasteiger partial charge >= 0.3 is 5.92 Å². The number of oxazole rings is 1. The third kappa shape index (κ3) is 3.92. The van der Waals surface area contributed by atoms with Crippen LogP contribution in [0.4, 0.5) is 8.78 Å². The van der Waals surface area contributed by atoms with E-state index in [9.17, 15) is 17.2 Å². The van der Waals surface area contributed by atoms with Gasteiger partial charge in [-0.15, -0.1) is 0 Å². The number of hydrogen-bond acceptors (Lipinski definition) is 5. The summed E-state index contributed by atoms with van der Waals surface area (Å²) in [6.07, 6.45) is 1.78. The lowest BCUT2D eigenvalue weighted by molar-refractivity contribution is -0.0109. The molecule has 0 amide bonds. The molecule has 1 rings (SSSR count). The molecule has 0 aromatic carbocycles. The van der Waals surface area contributed by atoms with Crippen molar-refractivity contribution in [2.75, 3.05) is 6.26 Å². The maximum atomic E-state index is 12.6. The fourth-order valence-corrected chi connectivity index (χ4v) is 1.08. The van der Waals surface area contributed by atoms with Crippen molar-refractivity contribution in [3.63, 3.8) is 0 Å². The van der Waals surface area contributed by atoms with Gasteiger partial charge in [0.2, 0.25) is 0 Å². The lowest BCUT2D eigenvalue weighted by atomic mass is 10.4. The molecule has 0 radical (unpaired) electrons. The van der Waals surface area contributed by atoms with Crippen molar-refractivity contribution in [2.45, 2.75) is 19.5 Å². The lowest BCUT2D eigenvalue weighted by Crippen LogP contribution is -2.08. The minimum Gasteiger partial charge on any atom is -0.443 e. The summed E-state index contributed by atoms with van der Waals surface area (Å²) in [7, 11) is -3.62. The minimum absolute atomic E-state index is 0.00282. The Kier molecular flexibility index (Phi) is 3.10. The maximum absolute atomic E-state index is 12.6. The fourth-order valence-electron chi connectivity index (χ4n) is 0.742. The summed E-state index contributed by atoms with van der Waals surface area (Å²) >= 11 is 0. The summed E-state index contributed by atoms with van der Waals surface area (Å²) in [6, 6.07) is 0. The molecule has 0 fully saturated rings. The molecule has 0 aliphatic carbocycles. The third-order valence-electron chi connectivity index (χ3n) is 1.35. The van der Waals surface area contributed by atoms with Crippen LogP contribution in [0.1, 0.15) is 18.5 Å². The quantitative estimate of drug-likeness (QED) is 0.742. The summed E-state index contributed by atoms with van der Waals surface area (Å²) in [6.45, 7) is 0.207. The standard InChI is InChI=1S/C7H9F2NO4S/c1-7(8,9)6-10-5(3-13-6)4-14-15(2,11)12/h3H,4H2,1-2H3. The van der Waals surface area contributed by atoms with Crippen molar-refractivity contribution < 1.29 is 25.8 Å². The zero-order valence-corrected chi connectivity index (χ0v) is 8.85. The van der Waals surface area contributed by atoms with Crippen LogP contribution in [0.2, 0.25) is 0 Å². The topological polar surface area (TPSA) is 69.4 Å². The molecule has 0 unspecified atom stereocenters. The number of alkyl halides is 2. The summed E-state index contributed by atoms with van der Waals surface area (Å²) in [5.74, 6) is -3.96. The second-order valence-corrected chi connectivity index (χ2v) is 4.64. The van der Waals surface area contributed by atoms with Crippen molar-refractivity contribution in [1.29, 1.82) is 0 Å². The van der Waals surface area contributed by atoms with Gasteiger partial charge in [-0.1, -0.05) is 0 Å². The highest BCUT2D eigenvalue weighted by molar-refractivity contribution is 7.85. The number of halogens is 2. The molecule has 0 bridgehead atoms. The molecule has 15 heavy (non-hydrogen) atoms. The molecule has 0 spiro atoms. The van der Waals surface area contributed by atoms with Gasteiger partial charge in [0, 0.05) is 6.92 Å². The molecule has 0 N–H and O–H groups in total. The van der Waals surface area contributed by atoms with Crippen LogP contribution in [0.3, 0.4) is 0 Å². The van der Waals surface area contributed by atoms with E-state index in [1.807, 2.05) is 0 Å². The fraction of sp³-hybridized carbons (Fsp3) is 0.571. The van der Waals surface area contributed by atoms with Crippen molar-refractivity contribution in [3.05, 3.63) is 17.8 Å². The molecule has 1 aromatic heterocycles. The van der Waals surface area contributed by atoms with Gasteiger partial charge in [-0.05, 0) is 0 Å². The molecule has 1 heterocycles. The van der Waals surface area contributed by atoms with Crippen molar-refractivity contribution in [2.24, 2.45) is 0 Å². The van der Waals surface area contributed by atoms with Crippen LogP contribution in [0.15, 0.2) is 10.7 Å². The predicted octanol–water partition coefficient (Wildman–Crippen LogP) is 1.26. The highest BCUT2D eigenvalue weighted by Gasteiger charge is 2.30. The summed E-state index contributed by atoms with van der Waals surface area (Å²) in [4.78, 5) is 3.38. The Labute approximate surface area is 85.2 Å². The lowest BCUT2D eigenvalue weighted by Gasteiger charge is -2.02. The molecule has 0 aliphatic rings. The van der Waals surface area contributed by atoms with Gasteiger partial charge in [-0.3, -0.25) is 4.18 Å². The van der Waals surface area contributed by atoms with E-state index in [-0.39, 0.29) is 5.69 Å². The Morgan fingerprint density at radius 2 is 2.20 bits per heavy atom. The van der Waals surface area contributed by atoms with E-state index in [4.69, 9.17) is 0 Å². The normalized spacial score (nSPS) is 13.1. The molecular weight excluding hydrogens is 232 g/mol. The Hall–Kier alpha value is -1.02. The van der Waals surface area contributed by atoms with Crippen LogP contribution in [-0.2, 0) is 26.8 Å². The second kappa shape index (κ2) is 3.86. The van der Waals surface area contributed by atoms with E-state index in [1.165, 1.54) is 0 Å². The molecule has 86 valence electrons. The molecule has 1 aromatic rings. The van der Waals surface area contributed by atoms with E-state index < -0.39 is 28.5 Å². The molecule has 0 saturated carbocycles. The summed E-state index contributed by atoms with van der Waals surface area (Å²) < 4.78 is 55.2. The van der Waals surface area contributed by atoms with Gasteiger partial charge in [0.1, 0.15) is 18.6 Å². The average Bonchev–Trinajstić information content (AvgIpc) is 2.45. The molecule has 0 aliphatic heterocycles. The third-order valence-corrected chi connectivity index (χ3v) is 1.89. The number of aromatic nitrogens is 1. The molecule has 0 atom stereocenters. The molecule has 0 saturated heterocycles. The summed E-state index contributed by atoms with van der Waals surface area (Å²) in [5, 5.41) is 0. The highest BCUT2D eigenvalue weighted by Crippen LogP contribution is 2.25. The predicted molar refractivity (Wildman–Crippen MR) is 45.7 cm³/mol. The van der Waals surface area contributed by atoms with Gasteiger partial charge in [0.15, 0.2) is 0 Å². The zero-order chi connectivity index (χ0) is 11.7. The molecule has 8 heteroatoms. The highest BCUT2D eigenvalue weighted by atomic mass is 32.2. The van der Waals surface area contributed by atoms with Gasteiger partial charge in [-0.2, -0.15) is 17.2 Å². The van der Waals surface area contributed by atoms with E-state index in [2.05, 4.69) is 13.6 Å². The molecule has 5 nitrogen and oxygen atoms in total. The van der Waals surface area contributed by atoms with E-state index in [1.54, 1.807) is 0 Å². The first-order valence-corrected chi connectivity index (χ1v) is 5.67. The average molecular weight is 241 g/mol. The molecular formula is C7H9F2NO4S. The van der Waals surface area contributed by atoms with Crippen LogP contribution in [0.5, 0.6) is 0 Å². The first kappa shape index (κ1) is 12.1. The van der Waals surface area contributed by atoms with Crippen LogP contribution in [-0.4, -0.2) is 19.7 Å². The van der Waals surface area contributed by atoms with Crippen molar-refractivity contribution in [3.8, 4) is 0 Å². The SMILES string of the molecule is CC(F)(F)c1nc(COS(C)(=O)=O)co1. The van der Waals surface area contributed by atoms with E-state index in [0.717, 1.165) is 12.5 Å². The van der Waals surface area contributed by atoms with Crippen molar-refractivity contribution in [1.82, 2.24) is 4.98 Å². The number of nitrogens with zero attached hydrogens (tertiary/aromatic N) is 1. The first-order valence-electron chi connectivity index (χ1n) is 3.85. The largest absolute Gasteiger partial charge is 0.443 e. The Morgan fingerprint density at radius 1 is 1.60 bits per heavy atom. The van der Waals surface area contributed by atoms with Gasteiger partial charge < -0.3 is 4.42 Å². The van der Waals surface area contributed by atoms with Gasteiger partial charge in [0.05, 0.1) is 6.26 Å². The Balaban J connectivity index is 2.70. The van der Waals surface area contributed by atoms with Crippen molar-refractivity contribution >= 4 is 10.1 Å². The van der Waals surface area contributed by atoms with Gasteiger partial charge in [0.25, 0.3) is 16.0 Å². The minimum atomic E-state index is -3.62. The van der Waals surface area contributed by atoms with Gasteiger partial charge in [-0.25, -0.2) is 4.98 Å².